The first-order valence-corrected chi connectivity index (χ1v) is 16.9. The highest BCUT2D eigenvalue weighted by atomic mass is 16.5. The van der Waals surface area contributed by atoms with E-state index in [2.05, 4.69) is 45.1 Å². The summed E-state index contributed by atoms with van der Waals surface area (Å²) in [5.74, 6) is 0.232. The number of ketones is 1. The molecular weight excluding hydrogens is 608 g/mol. The summed E-state index contributed by atoms with van der Waals surface area (Å²) in [5, 5.41) is 21.0. The molecule has 48 heavy (non-hydrogen) atoms. The van der Waals surface area contributed by atoms with Gasteiger partial charge in [-0.1, -0.05) is 60.7 Å². The van der Waals surface area contributed by atoms with Crippen LogP contribution in [-0.2, 0) is 34.2 Å². The number of hydrogen-bond donors (Lipinski definition) is 4. The summed E-state index contributed by atoms with van der Waals surface area (Å²) in [5.41, 5.74) is 4.54. The number of rotatable bonds is 8. The van der Waals surface area contributed by atoms with Gasteiger partial charge in [-0.15, -0.1) is 0 Å². The van der Waals surface area contributed by atoms with Gasteiger partial charge in [0, 0.05) is 42.9 Å². The molecule has 4 atom stereocenters. The second kappa shape index (κ2) is 12.2. The third-order valence-electron chi connectivity index (χ3n) is 11.2. The average Bonchev–Trinajstić information content (AvgIpc) is 3.45. The predicted molar refractivity (Wildman–Crippen MR) is 178 cm³/mol. The van der Waals surface area contributed by atoms with Crippen molar-refractivity contribution in [2.24, 2.45) is 0 Å². The van der Waals surface area contributed by atoms with Gasteiger partial charge in [0.15, 0.2) is 11.9 Å². The largest absolute Gasteiger partial charge is 0.480 e. The molecule has 10 heteroatoms. The van der Waals surface area contributed by atoms with Crippen LogP contribution in [0.5, 0.6) is 5.75 Å². The van der Waals surface area contributed by atoms with E-state index < -0.39 is 17.1 Å². The number of carbonyl (C=O) groups is 3. The van der Waals surface area contributed by atoms with Gasteiger partial charge in [-0.2, -0.15) is 0 Å². The van der Waals surface area contributed by atoms with Crippen LogP contribution < -0.4 is 20.7 Å². The number of likely N-dealkylation sites (tertiary alicyclic amines) is 1. The van der Waals surface area contributed by atoms with Crippen LogP contribution >= 0.6 is 0 Å². The maximum Gasteiger partial charge on any atom is 0.320 e. The zero-order chi connectivity index (χ0) is 32.9. The van der Waals surface area contributed by atoms with E-state index in [1.807, 2.05) is 42.5 Å². The monoisotopic (exact) mass is 648 g/mol. The van der Waals surface area contributed by atoms with E-state index in [1.165, 1.54) is 5.56 Å². The highest BCUT2D eigenvalue weighted by Gasteiger charge is 2.73. The fraction of sp³-hybridized carbons (Fsp3) is 0.395. The second-order valence-corrected chi connectivity index (χ2v) is 13.6. The van der Waals surface area contributed by atoms with Gasteiger partial charge in [0.2, 0.25) is 0 Å². The number of piperidine rings is 1. The molecule has 0 aromatic heterocycles. The Morgan fingerprint density at radius 1 is 1.00 bits per heavy atom. The van der Waals surface area contributed by atoms with Crippen LogP contribution in [0.25, 0.3) is 5.57 Å². The van der Waals surface area contributed by atoms with Crippen LogP contribution in [0.2, 0.25) is 0 Å². The topological polar surface area (TPSA) is 129 Å². The third-order valence-corrected chi connectivity index (χ3v) is 11.2. The van der Waals surface area contributed by atoms with Crippen molar-refractivity contribution in [1.82, 2.24) is 20.9 Å². The van der Waals surface area contributed by atoms with Crippen molar-refractivity contribution in [3.63, 3.8) is 0 Å². The Kier molecular flexibility index (Phi) is 7.82. The lowest BCUT2D eigenvalue weighted by molar-refractivity contribution is -0.188. The molecule has 2 aliphatic carbocycles. The third kappa shape index (κ3) is 5.01. The number of amides is 3. The molecule has 3 aromatic carbocycles. The molecule has 248 valence electrons. The first-order chi connectivity index (χ1) is 23.4. The number of Topliss-reactive ketones (excluding diaryl/α,β-unsaturated/α-hetero) is 1. The first-order valence-electron chi connectivity index (χ1n) is 16.9. The van der Waals surface area contributed by atoms with Crippen molar-refractivity contribution in [3.05, 3.63) is 106 Å². The van der Waals surface area contributed by atoms with Crippen molar-refractivity contribution in [2.75, 3.05) is 33.0 Å². The van der Waals surface area contributed by atoms with E-state index in [9.17, 15) is 19.5 Å². The number of benzene rings is 3. The molecule has 5 aliphatic rings. The zero-order valence-electron chi connectivity index (χ0n) is 26.8. The molecule has 4 N–H and O–H groups in total. The van der Waals surface area contributed by atoms with Crippen LogP contribution in [0.3, 0.4) is 0 Å². The predicted octanol–water partition coefficient (Wildman–Crippen LogP) is 3.25. The molecule has 3 aliphatic heterocycles. The number of nitrogens with zero attached hydrogens (tertiary/aromatic N) is 1. The van der Waals surface area contributed by atoms with Crippen LogP contribution in [0.1, 0.15) is 57.4 Å². The van der Waals surface area contributed by atoms with Gasteiger partial charge in [0.1, 0.15) is 12.5 Å². The fourth-order valence-corrected chi connectivity index (χ4v) is 8.78. The number of aliphatic hydroxyl groups is 1. The number of nitrogens with one attached hydrogen (secondary N) is 3. The summed E-state index contributed by atoms with van der Waals surface area (Å²) in [7, 11) is 0. The summed E-state index contributed by atoms with van der Waals surface area (Å²) in [6, 6.07) is 21.8. The second-order valence-electron chi connectivity index (χ2n) is 13.6. The Hall–Kier alpha value is -4.51. The molecule has 1 saturated carbocycles. The van der Waals surface area contributed by atoms with Crippen LogP contribution in [0, 0.1) is 0 Å². The summed E-state index contributed by atoms with van der Waals surface area (Å²) in [4.78, 5) is 41.2. The SMILES string of the molecule is O=C1N/C=C(/c2ccc(CCNC(=O)c3ccc4c5c3O[C@H]3C(=O)CC[C@@]6(O)[C@@H](C4)N(CCc4ccccc4)CC[C@]536)cc2)COCN1. The smallest absolute Gasteiger partial charge is 0.320 e. The van der Waals surface area contributed by atoms with Gasteiger partial charge >= 0.3 is 6.03 Å². The number of urea groups is 1. The molecule has 0 unspecified atom stereocenters. The number of ether oxygens (including phenoxy) is 2. The summed E-state index contributed by atoms with van der Waals surface area (Å²) >= 11 is 0. The van der Waals surface area contributed by atoms with E-state index in [-0.39, 0.29) is 36.9 Å². The van der Waals surface area contributed by atoms with Crippen molar-refractivity contribution in [2.45, 2.75) is 61.7 Å². The number of hydrogen-bond acceptors (Lipinski definition) is 7. The van der Waals surface area contributed by atoms with Gasteiger partial charge in [0.25, 0.3) is 5.91 Å². The fourth-order valence-electron chi connectivity index (χ4n) is 8.78. The average molecular weight is 649 g/mol. The molecule has 3 amide bonds. The van der Waals surface area contributed by atoms with E-state index in [4.69, 9.17) is 9.47 Å². The van der Waals surface area contributed by atoms with Crippen LogP contribution in [0.15, 0.2) is 72.9 Å². The lowest BCUT2D eigenvalue weighted by Gasteiger charge is -2.62. The maximum atomic E-state index is 13.7. The molecule has 3 heterocycles. The lowest BCUT2D eigenvalue weighted by Crippen LogP contribution is -2.76. The molecule has 0 radical (unpaired) electrons. The summed E-state index contributed by atoms with van der Waals surface area (Å²) < 4.78 is 12.0. The summed E-state index contributed by atoms with van der Waals surface area (Å²) in [6.45, 7) is 2.52. The van der Waals surface area contributed by atoms with Gasteiger partial charge in [-0.05, 0) is 67.0 Å². The Morgan fingerprint density at radius 2 is 1.81 bits per heavy atom. The van der Waals surface area contributed by atoms with Crippen molar-refractivity contribution < 1.29 is 29.0 Å². The molecule has 10 nitrogen and oxygen atoms in total. The Labute approximate surface area is 279 Å². The van der Waals surface area contributed by atoms with Gasteiger partial charge in [-0.3, -0.25) is 14.5 Å². The molecule has 1 spiro atoms. The van der Waals surface area contributed by atoms with Crippen LogP contribution in [-0.4, -0.2) is 78.4 Å². The number of carbonyl (C=O) groups excluding carboxylic acids is 3. The Balaban J connectivity index is 0.991. The molecule has 2 fully saturated rings. The zero-order valence-corrected chi connectivity index (χ0v) is 26.8. The highest BCUT2D eigenvalue weighted by molar-refractivity contribution is 5.99. The summed E-state index contributed by atoms with van der Waals surface area (Å²) in [6.07, 6.45) is 4.32. The minimum atomic E-state index is -1.11. The van der Waals surface area contributed by atoms with Crippen molar-refractivity contribution in [1.29, 1.82) is 0 Å². The Bertz CT molecular complexity index is 1790. The first kappa shape index (κ1) is 30.8. The molecule has 3 aromatic rings. The minimum Gasteiger partial charge on any atom is -0.480 e. The van der Waals surface area contributed by atoms with Gasteiger partial charge < -0.3 is 30.5 Å². The van der Waals surface area contributed by atoms with Crippen molar-refractivity contribution >= 4 is 23.3 Å². The van der Waals surface area contributed by atoms with Crippen molar-refractivity contribution in [3.8, 4) is 5.75 Å². The maximum absolute atomic E-state index is 13.7. The normalized spacial score (nSPS) is 28.5. The highest BCUT2D eigenvalue weighted by Crippen LogP contribution is 2.63. The molecule has 2 bridgehead atoms. The van der Waals surface area contributed by atoms with Crippen LogP contribution in [0.4, 0.5) is 4.79 Å². The molecule has 1 saturated heterocycles. The molecular formula is C38H40N4O6. The molecule has 8 rings (SSSR count). The minimum absolute atomic E-state index is 0.00999. The van der Waals surface area contributed by atoms with E-state index in [0.717, 1.165) is 47.3 Å². The van der Waals surface area contributed by atoms with Gasteiger partial charge in [-0.25, -0.2) is 4.79 Å². The van der Waals surface area contributed by atoms with E-state index in [0.29, 0.717) is 50.1 Å². The standard InChI is InChI=1S/C38H40N4O6/c43-30-12-15-38(46)31-20-27-10-11-29(33-32(27)37(38,34(30)48-33)16-19-42(31)18-14-24-4-2-1-3-5-24)35(44)39-17-13-25-6-8-26(9-7-25)28-21-40-36(45)41-23-47-22-28/h1-11,21,31,34,46H,12-20,22-23H2,(H,39,44)(H2,40,41,45)/b28-21+/t31-,34+,37+,38-/m1/s1. The van der Waals surface area contributed by atoms with E-state index >= 15 is 0 Å². The Morgan fingerprint density at radius 3 is 2.65 bits per heavy atom. The van der Waals surface area contributed by atoms with E-state index in [1.54, 1.807) is 6.20 Å². The quantitative estimate of drug-likeness (QED) is 0.295. The van der Waals surface area contributed by atoms with Gasteiger partial charge in [0.05, 0.1) is 23.2 Å². The lowest BCUT2D eigenvalue weighted by atomic mass is 9.49.